The third-order valence-corrected chi connectivity index (χ3v) is 4.66. The summed E-state index contributed by atoms with van der Waals surface area (Å²) in [6.45, 7) is -8.57. The molecule has 1 aromatic rings. The highest BCUT2D eigenvalue weighted by molar-refractivity contribution is 6.14. The summed E-state index contributed by atoms with van der Waals surface area (Å²) in [6.07, 6.45) is 0.496. The van der Waals surface area contributed by atoms with Crippen molar-refractivity contribution in [2.24, 2.45) is 5.73 Å². The zero-order valence-corrected chi connectivity index (χ0v) is 17.5. The smallest absolute Gasteiger partial charge is 0.345 e. The van der Waals surface area contributed by atoms with Gasteiger partial charge in [0.05, 0.1) is 32.3 Å². The monoisotopic (exact) mass is 492 g/mol. The van der Waals surface area contributed by atoms with E-state index in [0.717, 1.165) is 0 Å². The molecule has 1 saturated heterocycles. The molecule has 1 fully saturated rings. The number of carbonyl (C=O) groups is 4. The van der Waals surface area contributed by atoms with Crippen LogP contribution in [0.15, 0.2) is 30.3 Å². The summed E-state index contributed by atoms with van der Waals surface area (Å²) < 4.78 is 62.0. The van der Waals surface area contributed by atoms with Crippen LogP contribution in [0.25, 0.3) is 0 Å². The molecule has 0 aliphatic carbocycles. The molecule has 3 atom stereocenters. The Morgan fingerprint density at radius 1 is 1.03 bits per heavy atom. The number of primary amides is 1. The Balaban J connectivity index is 2.15. The predicted molar refractivity (Wildman–Crippen MR) is 105 cm³/mol. The van der Waals surface area contributed by atoms with Crippen molar-refractivity contribution >= 4 is 23.5 Å². The van der Waals surface area contributed by atoms with Gasteiger partial charge in [0.2, 0.25) is 17.4 Å². The third-order valence-electron chi connectivity index (χ3n) is 4.66. The molecule has 14 heteroatoms. The van der Waals surface area contributed by atoms with Crippen molar-refractivity contribution in [1.82, 2.24) is 10.6 Å². The van der Waals surface area contributed by atoms with Crippen LogP contribution >= 0.6 is 0 Å². The fourth-order valence-corrected chi connectivity index (χ4v) is 2.87. The topological polar surface area (TPSA) is 149 Å². The molecular weight excluding hydrogens is 470 g/mol. The van der Waals surface area contributed by atoms with E-state index in [0.29, 0.717) is 12.0 Å². The van der Waals surface area contributed by atoms with Crippen molar-refractivity contribution in [2.75, 3.05) is 19.8 Å². The molecular formula is C20H22F4N3O7. The second-order valence-electron chi connectivity index (χ2n) is 7.05. The van der Waals surface area contributed by atoms with Crippen LogP contribution in [0, 0.1) is 6.42 Å². The maximum absolute atomic E-state index is 13.0. The van der Waals surface area contributed by atoms with E-state index in [2.05, 4.69) is 14.8 Å². The van der Waals surface area contributed by atoms with Crippen molar-refractivity contribution in [3.63, 3.8) is 0 Å². The number of ether oxygens (including phenoxy) is 3. The largest absolute Gasteiger partial charge is 0.367 e. The molecule has 34 heavy (non-hydrogen) atoms. The van der Waals surface area contributed by atoms with Crippen LogP contribution in [0.4, 0.5) is 17.6 Å². The molecule has 10 nitrogen and oxygen atoms in total. The van der Waals surface area contributed by atoms with Crippen molar-refractivity contribution in [2.45, 2.75) is 37.3 Å². The first-order chi connectivity index (χ1) is 16.0. The summed E-state index contributed by atoms with van der Waals surface area (Å²) in [4.78, 5) is 49.3. The van der Waals surface area contributed by atoms with Gasteiger partial charge in [0.15, 0.2) is 5.78 Å². The highest BCUT2D eigenvalue weighted by atomic mass is 19.3. The number of hydrogen-bond acceptors (Lipinski definition) is 7. The molecule has 0 aromatic heterocycles. The average Bonchev–Trinajstić information content (AvgIpc) is 3.58. The maximum Gasteiger partial charge on any atom is 0.345 e. The number of ketones is 1. The first kappa shape index (κ1) is 27.1. The Morgan fingerprint density at radius 3 is 2.18 bits per heavy atom. The van der Waals surface area contributed by atoms with E-state index in [1.165, 1.54) is 0 Å². The summed E-state index contributed by atoms with van der Waals surface area (Å²) in [6, 6.07) is 5.15. The average molecular weight is 492 g/mol. The molecule has 1 heterocycles. The van der Waals surface area contributed by atoms with Gasteiger partial charge in [0, 0.05) is 0 Å². The number of rotatable bonds is 15. The minimum absolute atomic E-state index is 0.117. The molecule has 187 valence electrons. The lowest BCUT2D eigenvalue weighted by Gasteiger charge is -2.24. The second-order valence-corrected chi connectivity index (χ2v) is 7.05. The summed E-state index contributed by atoms with van der Waals surface area (Å²) in [7, 11) is 0. The van der Waals surface area contributed by atoms with Crippen molar-refractivity contribution in [3.05, 3.63) is 42.3 Å². The fourth-order valence-electron chi connectivity index (χ4n) is 2.87. The van der Waals surface area contributed by atoms with E-state index in [-0.39, 0.29) is 13.0 Å². The molecule has 1 aliphatic rings. The Kier molecular flexibility index (Phi) is 9.89. The number of benzene rings is 1. The molecule has 1 radical (unpaired) electrons. The van der Waals surface area contributed by atoms with E-state index in [9.17, 15) is 36.7 Å². The van der Waals surface area contributed by atoms with Crippen LogP contribution in [0.1, 0.15) is 5.56 Å². The van der Waals surface area contributed by atoms with Gasteiger partial charge in [0.25, 0.3) is 5.91 Å². The number of hydrogen-bond donors (Lipinski definition) is 3. The number of Topliss-reactive ketones (excluding diaryl/α,β-unsaturated/α-hetero) is 1. The van der Waals surface area contributed by atoms with Gasteiger partial charge >= 0.3 is 13.2 Å². The third kappa shape index (κ3) is 8.04. The summed E-state index contributed by atoms with van der Waals surface area (Å²) in [5.41, 5.74) is 3.88. The van der Waals surface area contributed by atoms with Crippen LogP contribution in [0.5, 0.6) is 0 Å². The van der Waals surface area contributed by atoms with Crippen molar-refractivity contribution in [3.8, 4) is 0 Å². The van der Waals surface area contributed by atoms with E-state index < -0.39 is 67.6 Å². The van der Waals surface area contributed by atoms with Gasteiger partial charge in [-0.05, 0) is 12.0 Å². The van der Waals surface area contributed by atoms with Crippen molar-refractivity contribution in [1.29, 1.82) is 0 Å². The lowest BCUT2D eigenvalue weighted by Crippen LogP contribution is -2.57. The number of nitrogens with one attached hydrogen (secondary N) is 2. The Morgan fingerprint density at radius 2 is 1.65 bits per heavy atom. The van der Waals surface area contributed by atoms with Gasteiger partial charge in [-0.1, -0.05) is 30.3 Å². The minimum atomic E-state index is -3.29. The number of halogens is 4. The molecule has 1 aliphatic heterocycles. The Bertz CT molecular complexity index is 869. The molecule has 0 spiro atoms. The molecule has 1 aromatic carbocycles. The number of alkyl halides is 4. The predicted octanol–water partition coefficient (Wildman–Crippen LogP) is -0.295. The Labute approximate surface area is 191 Å². The normalized spacial score (nSPS) is 18.9. The molecule has 0 unspecified atom stereocenters. The van der Waals surface area contributed by atoms with E-state index in [1.54, 1.807) is 30.3 Å². The van der Waals surface area contributed by atoms with Gasteiger partial charge < -0.3 is 30.6 Å². The van der Waals surface area contributed by atoms with E-state index in [4.69, 9.17) is 10.5 Å². The number of amides is 3. The van der Waals surface area contributed by atoms with Crippen LogP contribution in [0.2, 0.25) is 0 Å². The van der Waals surface area contributed by atoms with E-state index >= 15 is 0 Å². The molecule has 4 N–H and O–H groups in total. The van der Waals surface area contributed by atoms with Gasteiger partial charge in [-0.2, -0.15) is 17.6 Å². The number of nitrogens with two attached hydrogens (primary N) is 1. The lowest BCUT2D eigenvalue weighted by atomic mass is 9.93. The van der Waals surface area contributed by atoms with Crippen LogP contribution in [-0.2, 0) is 39.8 Å². The van der Waals surface area contributed by atoms with Gasteiger partial charge in [-0.15, -0.1) is 0 Å². The van der Waals surface area contributed by atoms with E-state index in [1.807, 2.05) is 5.32 Å². The maximum atomic E-state index is 13.0. The highest BCUT2D eigenvalue weighted by Gasteiger charge is 2.59. The quantitative estimate of drug-likeness (QED) is 0.173. The minimum Gasteiger partial charge on any atom is -0.367 e. The van der Waals surface area contributed by atoms with Gasteiger partial charge in [0.1, 0.15) is 6.04 Å². The fraction of sp³-hybridized carbons (Fsp3) is 0.450. The standard InChI is InChI=1S/C20H22F4N3O7/c21-18(22)32-7-6-14(28)26-13(9-33-19(23)24)16(30)27-12(8-11-4-2-1-3-5-11)15(29)20(10-34-20)17(25)31/h1-6,12-13,18-19H,7-10H2,(H2,25,31)(H,26,28)(H,27,30)/t12-,13-,20+/m0/s1. The van der Waals surface area contributed by atoms with Crippen molar-refractivity contribution < 1.29 is 51.0 Å². The second kappa shape index (κ2) is 12.4. The van der Waals surface area contributed by atoms with Crippen LogP contribution < -0.4 is 16.4 Å². The lowest BCUT2D eigenvalue weighted by molar-refractivity contribution is -0.149. The highest BCUT2D eigenvalue weighted by Crippen LogP contribution is 2.29. The first-order valence-corrected chi connectivity index (χ1v) is 9.81. The molecule has 0 saturated carbocycles. The van der Waals surface area contributed by atoms with Gasteiger partial charge in [-0.25, -0.2) is 0 Å². The zero-order chi connectivity index (χ0) is 25.3. The van der Waals surface area contributed by atoms with Crippen LogP contribution in [-0.4, -0.2) is 74.2 Å². The summed E-state index contributed by atoms with van der Waals surface area (Å²) >= 11 is 0. The first-order valence-electron chi connectivity index (χ1n) is 9.81. The summed E-state index contributed by atoms with van der Waals surface area (Å²) in [5.74, 6) is -4.14. The zero-order valence-electron chi connectivity index (χ0n) is 17.5. The Hall–Kier alpha value is -3.10. The van der Waals surface area contributed by atoms with Crippen LogP contribution in [0.3, 0.4) is 0 Å². The summed E-state index contributed by atoms with van der Waals surface area (Å²) in [5, 5.41) is 4.30. The van der Waals surface area contributed by atoms with Gasteiger partial charge in [-0.3, -0.25) is 19.2 Å². The number of epoxide rings is 1. The molecule has 0 bridgehead atoms. The SMILES string of the molecule is NC(=O)[C@]1(C(=O)[C@H](Cc2ccccc2)NC(=O)[C@H](COC(F)F)NC(=O)[CH]COC(F)F)CO1. The molecule has 2 rings (SSSR count). The molecule has 3 amide bonds. The number of carbonyl (C=O) groups excluding carboxylic acids is 4.